The van der Waals surface area contributed by atoms with Gasteiger partial charge in [0.15, 0.2) is 5.16 Å². The zero-order valence-electron chi connectivity index (χ0n) is 16.7. The number of benzene rings is 1. The van der Waals surface area contributed by atoms with Gasteiger partial charge in [-0.05, 0) is 49.4 Å². The highest BCUT2D eigenvalue weighted by atomic mass is 35.5. The molecule has 10 heteroatoms. The van der Waals surface area contributed by atoms with Crippen LogP contribution in [0.5, 0.6) is 0 Å². The van der Waals surface area contributed by atoms with Gasteiger partial charge in [-0.15, -0.1) is 21.5 Å². The first-order chi connectivity index (χ1) is 15.1. The zero-order valence-corrected chi connectivity index (χ0v) is 19.0. The van der Waals surface area contributed by atoms with Crippen molar-refractivity contribution in [2.45, 2.75) is 42.8 Å². The topological polar surface area (TPSA) is 83.0 Å². The minimum Gasteiger partial charge on any atom is -0.419 e. The maximum absolute atomic E-state index is 13.3. The van der Waals surface area contributed by atoms with Crippen LogP contribution >= 0.6 is 34.7 Å². The third kappa shape index (κ3) is 4.27. The highest BCUT2D eigenvalue weighted by molar-refractivity contribution is 7.99. The number of aromatic nitrogens is 4. The predicted molar refractivity (Wildman–Crippen MR) is 122 cm³/mol. The average Bonchev–Trinajstić information content (AvgIpc) is 3.53. The fourth-order valence-electron chi connectivity index (χ4n) is 3.52. The van der Waals surface area contributed by atoms with Crippen LogP contribution in [0.2, 0.25) is 5.02 Å². The summed E-state index contributed by atoms with van der Waals surface area (Å²) in [5.41, 5.74) is 0.470. The van der Waals surface area contributed by atoms with Gasteiger partial charge in [0.05, 0.1) is 33.7 Å². The molecule has 0 N–H and O–H groups in total. The Morgan fingerprint density at radius 1 is 1.35 bits per heavy atom. The van der Waals surface area contributed by atoms with Crippen LogP contribution in [0.3, 0.4) is 0 Å². The summed E-state index contributed by atoms with van der Waals surface area (Å²) in [5.74, 6) is 0.977. The maximum atomic E-state index is 13.3. The van der Waals surface area contributed by atoms with Crippen LogP contribution in [0.25, 0.3) is 21.7 Å². The molecule has 1 fully saturated rings. The standard InChI is InChI=1S/C21H19ClN4O3S2/c1-12(18-24-25-19(29-18)17-5-3-9-30-17)31-21-23-16-10-13(22)6-7-15(16)20(27)26(21)11-14-4-2-8-28-14/h3,5-7,9-10,12,14H,2,4,8,11H2,1H3/t12-,14+/m1/s1. The van der Waals surface area contributed by atoms with Crippen molar-refractivity contribution in [1.82, 2.24) is 19.7 Å². The van der Waals surface area contributed by atoms with Crippen LogP contribution < -0.4 is 5.56 Å². The molecule has 1 aliphatic rings. The lowest BCUT2D eigenvalue weighted by Crippen LogP contribution is -2.29. The Morgan fingerprint density at radius 3 is 3.03 bits per heavy atom. The number of ether oxygens (including phenoxy) is 1. The molecule has 31 heavy (non-hydrogen) atoms. The Morgan fingerprint density at radius 2 is 2.26 bits per heavy atom. The van der Waals surface area contributed by atoms with Gasteiger partial charge in [0.1, 0.15) is 0 Å². The highest BCUT2D eigenvalue weighted by Crippen LogP contribution is 2.35. The number of halogens is 1. The van der Waals surface area contributed by atoms with Crippen molar-refractivity contribution < 1.29 is 9.15 Å². The van der Waals surface area contributed by atoms with Crippen LogP contribution in [0.15, 0.2) is 50.1 Å². The van der Waals surface area contributed by atoms with Gasteiger partial charge in [0.25, 0.3) is 11.4 Å². The number of hydrogen-bond donors (Lipinski definition) is 0. The smallest absolute Gasteiger partial charge is 0.262 e. The lowest BCUT2D eigenvalue weighted by atomic mass is 10.2. The molecule has 1 saturated heterocycles. The highest BCUT2D eigenvalue weighted by Gasteiger charge is 2.24. The van der Waals surface area contributed by atoms with Crippen molar-refractivity contribution in [1.29, 1.82) is 0 Å². The van der Waals surface area contributed by atoms with Gasteiger partial charge >= 0.3 is 0 Å². The quantitative estimate of drug-likeness (QED) is 0.280. The van der Waals surface area contributed by atoms with Crippen molar-refractivity contribution in [3.8, 4) is 10.8 Å². The second-order valence-corrected chi connectivity index (χ2v) is 9.98. The van der Waals surface area contributed by atoms with Gasteiger partial charge in [0, 0.05) is 11.6 Å². The van der Waals surface area contributed by atoms with Gasteiger partial charge in [-0.1, -0.05) is 29.4 Å². The summed E-state index contributed by atoms with van der Waals surface area (Å²) in [6, 6.07) is 9.03. The summed E-state index contributed by atoms with van der Waals surface area (Å²) in [5, 5.41) is 11.8. The molecule has 1 aliphatic heterocycles. The van der Waals surface area contributed by atoms with Crippen LogP contribution in [0.1, 0.15) is 30.9 Å². The summed E-state index contributed by atoms with van der Waals surface area (Å²) in [6.45, 7) is 3.15. The van der Waals surface area contributed by atoms with E-state index >= 15 is 0 Å². The molecule has 0 saturated carbocycles. The molecule has 2 atom stereocenters. The average molecular weight is 475 g/mol. The van der Waals surface area contributed by atoms with Crippen LogP contribution in [0, 0.1) is 0 Å². The molecule has 0 unspecified atom stereocenters. The van der Waals surface area contributed by atoms with Gasteiger partial charge in [0.2, 0.25) is 5.89 Å². The van der Waals surface area contributed by atoms with Gasteiger partial charge in [-0.3, -0.25) is 9.36 Å². The molecule has 160 valence electrons. The number of fused-ring (bicyclic) bond motifs is 1. The lowest BCUT2D eigenvalue weighted by Gasteiger charge is -2.17. The fourth-order valence-corrected chi connectivity index (χ4v) is 5.28. The van der Waals surface area contributed by atoms with Gasteiger partial charge < -0.3 is 9.15 Å². The number of thioether (sulfide) groups is 1. The molecule has 3 aromatic heterocycles. The zero-order chi connectivity index (χ0) is 21.4. The van der Waals surface area contributed by atoms with Crippen molar-refractivity contribution in [3.05, 3.63) is 57.0 Å². The number of thiophene rings is 1. The second-order valence-electron chi connectivity index (χ2n) is 7.29. The fraction of sp³-hybridized carbons (Fsp3) is 0.333. The predicted octanol–water partition coefficient (Wildman–Crippen LogP) is 5.19. The molecular weight excluding hydrogens is 456 g/mol. The SMILES string of the molecule is C[C@@H](Sc1nc2cc(Cl)ccc2c(=O)n1C[C@@H]1CCCO1)c1nnc(-c2cccs2)o1. The first-order valence-electron chi connectivity index (χ1n) is 9.94. The van der Waals surface area contributed by atoms with E-state index in [1.807, 2.05) is 24.4 Å². The second kappa shape index (κ2) is 8.74. The molecule has 7 nitrogen and oxygen atoms in total. The molecule has 0 aliphatic carbocycles. The van der Waals surface area contributed by atoms with E-state index < -0.39 is 0 Å². The summed E-state index contributed by atoms with van der Waals surface area (Å²) < 4.78 is 13.4. The molecule has 0 radical (unpaired) electrons. The van der Waals surface area contributed by atoms with Crippen molar-refractivity contribution >= 4 is 45.6 Å². The molecule has 0 bridgehead atoms. The van der Waals surface area contributed by atoms with Crippen LogP contribution in [-0.2, 0) is 11.3 Å². The number of hydrogen-bond acceptors (Lipinski definition) is 8. The van der Waals surface area contributed by atoms with E-state index in [4.69, 9.17) is 25.7 Å². The Kier molecular flexibility index (Phi) is 5.83. The summed E-state index contributed by atoms with van der Waals surface area (Å²) in [4.78, 5) is 19.0. The maximum Gasteiger partial charge on any atom is 0.262 e. The van der Waals surface area contributed by atoms with E-state index in [1.165, 1.54) is 11.8 Å². The Balaban J connectivity index is 1.50. The molecule has 4 heterocycles. The molecule has 0 amide bonds. The Labute approximate surface area is 191 Å². The third-order valence-electron chi connectivity index (χ3n) is 5.10. The summed E-state index contributed by atoms with van der Waals surface area (Å²) in [7, 11) is 0. The summed E-state index contributed by atoms with van der Waals surface area (Å²) in [6.07, 6.45) is 1.94. The largest absolute Gasteiger partial charge is 0.419 e. The van der Waals surface area contributed by atoms with Crippen LogP contribution in [-0.4, -0.2) is 32.5 Å². The minimum atomic E-state index is -0.194. The van der Waals surface area contributed by atoms with Crippen molar-refractivity contribution in [2.24, 2.45) is 0 Å². The third-order valence-corrected chi connectivity index (χ3v) is 7.27. The van der Waals surface area contributed by atoms with Crippen LogP contribution in [0.4, 0.5) is 0 Å². The normalized spacial score (nSPS) is 17.4. The molecule has 5 rings (SSSR count). The molecular formula is C21H19ClN4O3S2. The first kappa shape index (κ1) is 20.7. The van der Waals surface area contributed by atoms with Gasteiger partial charge in [-0.2, -0.15) is 0 Å². The molecule has 4 aromatic rings. The van der Waals surface area contributed by atoms with E-state index in [2.05, 4.69) is 10.2 Å². The van der Waals surface area contributed by atoms with Crippen molar-refractivity contribution in [3.63, 3.8) is 0 Å². The Bertz CT molecular complexity index is 1270. The number of nitrogens with zero attached hydrogens (tertiary/aromatic N) is 4. The van der Waals surface area contributed by atoms with Gasteiger partial charge in [-0.25, -0.2) is 4.98 Å². The van der Waals surface area contributed by atoms with E-state index in [0.29, 0.717) is 39.4 Å². The summed E-state index contributed by atoms with van der Waals surface area (Å²) >= 11 is 9.10. The Hall–Kier alpha value is -2.20. The van der Waals surface area contributed by atoms with E-state index in [9.17, 15) is 4.79 Å². The lowest BCUT2D eigenvalue weighted by molar-refractivity contribution is 0.0937. The van der Waals surface area contributed by atoms with E-state index in [-0.39, 0.29) is 16.9 Å². The number of rotatable bonds is 6. The molecule has 0 spiro atoms. The van der Waals surface area contributed by atoms with Crippen molar-refractivity contribution in [2.75, 3.05) is 6.61 Å². The molecule has 1 aromatic carbocycles. The monoisotopic (exact) mass is 474 g/mol. The van der Waals surface area contributed by atoms with E-state index in [0.717, 1.165) is 24.3 Å². The first-order valence-corrected chi connectivity index (χ1v) is 12.1. The van der Waals surface area contributed by atoms with E-state index in [1.54, 1.807) is 34.1 Å². The minimum absolute atomic E-state index is 0.00717.